The molecule has 436 valence electrons. The van der Waals surface area contributed by atoms with Crippen LogP contribution in [0, 0.1) is 11.8 Å². The van der Waals surface area contributed by atoms with Gasteiger partial charge in [-0.2, -0.15) is 0 Å². The van der Waals surface area contributed by atoms with Crippen LogP contribution in [-0.4, -0.2) is 119 Å². The Hall–Kier alpha value is -7.30. The molecular weight excluding hydrogens is 1040 g/mol. The van der Waals surface area contributed by atoms with Gasteiger partial charge in [0.1, 0.15) is 46.6 Å². The number of hydrogen-bond acceptors (Lipinski definition) is 12. The van der Waals surface area contributed by atoms with E-state index >= 15 is 0 Å². The zero-order valence-corrected chi connectivity index (χ0v) is 48.7. The summed E-state index contributed by atoms with van der Waals surface area (Å²) in [5.41, 5.74) is 5.50. The fourth-order valence-corrected chi connectivity index (χ4v) is 12.1. The van der Waals surface area contributed by atoms with E-state index in [0.717, 1.165) is 47.9 Å². The smallest absolute Gasteiger partial charge is 0.411 e. The maximum Gasteiger partial charge on any atom is 0.411 e. The number of rotatable bonds is 14. The van der Waals surface area contributed by atoms with E-state index in [1.807, 2.05) is 48.5 Å². The fourth-order valence-electron chi connectivity index (χ4n) is 12.1. The monoisotopic (exact) mass is 1120 g/mol. The molecule has 2 saturated carbocycles. The molecule has 4 amide bonds. The van der Waals surface area contributed by atoms with Crippen LogP contribution in [-0.2, 0) is 73.3 Å². The lowest BCUT2D eigenvalue weighted by Crippen LogP contribution is -2.53. The van der Waals surface area contributed by atoms with Gasteiger partial charge in [0.25, 0.3) is 0 Å². The molecule has 4 fully saturated rings. The van der Waals surface area contributed by atoms with Gasteiger partial charge in [0.2, 0.25) is 11.8 Å². The van der Waals surface area contributed by atoms with Gasteiger partial charge in [0.15, 0.2) is 0 Å². The average Bonchev–Trinajstić information content (AvgIpc) is 4.39. The highest BCUT2D eigenvalue weighted by Crippen LogP contribution is 2.48. The minimum atomic E-state index is -1.16. The Kier molecular flexibility index (Phi) is 17.6. The van der Waals surface area contributed by atoms with Crippen LogP contribution < -0.4 is 10.6 Å². The maximum atomic E-state index is 13.8. The summed E-state index contributed by atoms with van der Waals surface area (Å²) in [5, 5.41) is 5.84. The van der Waals surface area contributed by atoms with Crippen molar-refractivity contribution in [1.29, 1.82) is 0 Å². The van der Waals surface area contributed by atoms with Crippen molar-refractivity contribution < 1.29 is 57.2 Å². The van der Waals surface area contributed by atoms with Crippen LogP contribution in [0.15, 0.2) is 122 Å². The number of benzene rings is 4. The molecule has 16 nitrogen and oxygen atoms in total. The first kappa shape index (κ1) is 59.3. The lowest BCUT2D eigenvalue weighted by molar-refractivity contribution is -0.150. The second-order valence-electron chi connectivity index (χ2n) is 24.3. The Morgan fingerprint density at radius 3 is 1.10 bits per heavy atom. The van der Waals surface area contributed by atoms with Gasteiger partial charge in [-0.1, -0.05) is 109 Å². The van der Waals surface area contributed by atoms with Gasteiger partial charge in [-0.15, -0.1) is 13.2 Å². The van der Waals surface area contributed by atoms with Crippen molar-refractivity contribution in [2.45, 2.75) is 166 Å². The number of carbonyl (C=O) groups excluding carboxylic acids is 6. The van der Waals surface area contributed by atoms with E-state index in [4.69, 9.17) is 28.4 Å². The van der Waals surface area contributed by atoms with E-state index in [1.54, 1.807) is 67.5 Å². The summed E-state index contributed by atoms with van der Waals surface area (Å²) in [7, 11) is 0. The lowest BCUT2D eigenvalue weighted by atomic mass is 9.96. The number of amides is 4. The van der Waals surface area contributed by atoms with E-state index in [0.29, 0.717) is 12.8 Å². The summed E-state index contributed by atoms with van der Waals surface area (Å²) in [4.78, 5) is 82.8. The van der Waals surface area contributed by atoms with Crippen LogP contribution in [0.5, 0.6) is 0 Å². The van der Waals surface area contributed by atoms with Crippen molar-refractivity contribution in [2.24, 2.45) is 11.8 Å². The minimum Gasteiger partial charge on any atom is -0.464 e. The highest BCUT2D eigenvalue weighted by atomic mass is 16.6. The molecule has 4 aliphatic carbocycles. The van der Waals surface area contributed by atoms with Gasteiger partial charge in [-0.25, -0.2) is 19.2 Å². The first-order valence-corrected chi connectivity index (χ1v) is 29.0. The fraction of sp³-hybridized carbons (Fsp3) is 0.485. The summed E-state index contributed by atoms with van der Waals surface area (Å²) in [6.45, 7) is 22.6. The molecule has 6 aliphatic rings. The molecule has 4 aromatic carbocycles. The number of likely N-dealkylation sites (tertiary alicyclic amines) is 2. The number of hydrogen-bond donors (Lipinski definition) is 2. The highest BCUT2D eigenvalue weighted by Gasteiger charge is 2.63. The molecule has 0 unspecified atom stereocenters. The maximum absolute atomic E-state index is 13.8. The predicted octanol–water partition coefficient (Wildman–Crippen LogP) is 9.79. The number of esters is 2. The van der Waals surface area contributed by atoms with Crippen molar-refractivity contribution in [1.82, 2.24) is 20.4 Å². The van der Waals surface area contributed by atoms with E-state index in [2.05, 4.69) is 72.3 Å². The Labute approximate surface area is 482 Å². The molecule has 2 saturated heterocycles. The van der Waals surface area contributed by atoms with Gasteiger partial charge in [0, 0.05) is 24.7 Å². The van der Waals surface area contributed by atoms with Gasteiger partial charge in [0.05, 0.1) is 38.5 Å². The third-order valence-electron chi connectivity index (χ3n) is 16.3. The number of aryl methyl sites for hydroxylation is 4. The van der Waals surface area contributed by atoms with Crippen molar-refractivity contribution in [3.63, 3.8) is 0 Å². The first-order chi connectivity index (χ1) is 39.1. The molecule has 2 N–H and O–H groups in total. The van der Waals surface area contributed by atoms with Gasteiger partial charge in [-0.3, -0.25) is 19.4 Å². The van der Waals surface area contributed by atoms with Crippen molar-refractivity contribution in [3.05, 3.63) is 167 Å². The molecule has 82 heavy (non-hydrogen) atoms. The zero-order valence-electron chi connectivity index (χ0n) is 48.7. The summed E-state index contributed by atoms with van der Waals surface area (Å²) in [6.07, 6.45) is 5.59. The Balaban J connectivity index is 0.000000198. The summed E-state index contributed by atoms with van der Waals surface area (Å²) in [5.74, 6) is -2.29. The average molecular weight is 1120 g/mol. The van der Waals surface area contributed by atoms with Crippen molar-refractivity contribution >= 4 is 35.9 Å². The quantitative estimate of drug-likeness (QED) is 0.0692. The van der Waals surface area contributed by atoms with Crippen molar-refractivity contribution in [3.8, 4) is 0 Å². The Morgan fingerprint density at radius 1 is 0.524 bits per heavy atom. The van der Waals surface area contributed by atoms with Crippen LogP contribution in [0.4, 0.5) is 9.59 Å². The third kappa shape index (κ3) is 12.8. The van der Waals surface area contributed by atoms with Gasteiger partial charge >= 0.3 is 24.1 Å². The molecule has 16 heteroatoms. The van der Waals surface area contributed by atoms with Gasteiger partial charge < -0.3 is 39.1 Å². The number of nitrogens with zero attached hydrogens (tertiary/aromatic N) is 2. The number of fused-ring (bicyclic) bond motifs is 4. The molecule has 0 radical (unpaired) electrons. The predicted molar refractivity (Wildman–Crippen MR) is 308 cm³/mol. The largest absolute Gasteiger partial charge is 0.464 e. The van der Waals surface area contributed by atoms with E-state index in [-0.39, 0.29) is 63.2 Å². The molecule has 0 bridgehead atoms. The van der Waals surface area contributed by atoms with Gasteiger partial charge in [-0.05, 0) is 138 Å². The highest BCUT2D eigenvalue weighted by molar-refractivity contribution is 5.96. The molecular formula is C66H80N4O12. The van der Waals surface area contributed by atoms with Crippen LogP contribution >= 0.6 is 0 Å². The Bertz CT molecular complexity index is 2770. The van der Waals surface area contributed by atoms with E-state index in [9.17, 15) is 28.8 Å². The summed E-state index contributed by atoms with van der Waals surface area (Å²) in [6, 6.07) is 31.4. The van der Waals surface area contributed by atoms with Crippen LogP contribution in [0.25, 0.3) is 0 Å². The Morgan fingerprint density at radius 2 is 0.829 bits per heavy atom. The minimum absolute atomic E-state index is 0.186. The molecule has 2 aliphatic heterocycles. The molecule has 0 spiro atoms. The number of nitrogens with one attached hydrogen (secondary N) is 2. The van der Waals surface area contributed by atoms with E-state index < -0.39 is 82.5 Å². The van der Waals surface area contributed by atoms with Crippen LogP contribution in [0.2, 0.25) is 0 Å². The molecule has 10 rings (SSSR count). The SMILES string of the molecule is C=C[C@@H]1C[C@]1(NC(=O)[C@@H]1C[C@@H](OC2c3ccccc3CCc3ccccc32)CN1C(=O)OC(C)(C)C)C(=O)OCC.C=C[C@H]1C[C@@]1(NC(=O)[C@@H]1C[C@@H](OC2c3ccccc3CCc3ccccc32)CN1C(=O)OC(C)(C)C)C(=O)OCC. The summed E-state index contributed by atoms with van der Waals surface area (Å²) < 4.78 is 35.6. The van der Waals surface area contributed by atoms with Crippen molar-refractivity contribution in [2.75, 3.05) is 26.3 Å². The second-order valence-corrected chi connectivity index (χ2v) is 24.3. The normalized spacial score (nSPS) is 25.4. The van der Waals surface area contributed by atoms with Crippen LogP contribution in [0.1, 0.15) is 138 Å². The number of carbonyl (C=O) groups is 6. The van der Waals surface area contributed by atoms with E-state index in [1.165, 1.54) is 32.1 Å². The second kappa shape index (κ2) is 24.3. The zero-order chi connectivity index (χ0) is 58.7. The lowest BCUT2D eigenvalue weighted by Gasteiger charge is -2.29. The molecule has 8 atom stereocenters. The van der Waals surface area contributed by atoms with Crippen LogP contribution in [0.3, 0.4) is 0 Å². The molecule has 2 heterocycles. The molecule has 0 aromatic heterocycles. The summed E-state index contributed by atoms with van der Waals surface area (Å²) >= 11 is 0. The first-order valence-electron chi connectivity index (χ1n) is 29.0. The number of ether oxygens (including phenoxy) is 6. The third-order valence-corrected chi connectivity index (χ3v) is 16.3. The topological polar surface area (TPSA) is 188 Å². The standard InChI is InChI=1S/2C33H40N2O6/c2*1-6-23-19-33(23,30(37)39-7-2)34-29(36)27-18-24(20-35(27)31(38)41-32(3,4)5)40-28-25-14-10-8-12-21(25)16-17-22-13-9-11-15-26(22)28/h2*6,8-15,23-24,27-28H,1,7,16-20H2,2-5H3,(H,34,36)/t23-,24+,27-,33-;23-,24-,27+,33-/m01/s1. The molecule has 4 aromatic rings.